The molecule has 0 amide bonds. The van der Waals surface area contributed by atoms with Gasteiger partial charge in [-0.1, -0.05) is 25.6 Å². The van der Waals surface area contributed by atoms with Crippen LogP contribution in [0.15, 0.2) is 0 Å². The van der Waals surface area contributed by atoms with Gasteiger partial charge in [-0.05, 0) is 31.2 Å². The molecular weight excluding hydrogens is 263 g/mol. The van der Waals surface area contributed by atoms with Crippen LogP contribution in [-0.2, 0) is 4.74 Å². The normalized spacial score (nSPS) is 14.2. The van der Waals surface area contributed by atoms with Crippen LogP contribution in [0.4, 0.5) is 13.2 Å². The monoisotopic (exact) mass is 287 g/mol. The van der Waals surface area contributed by atoms with Crippen molar-refractivity contribution in [3.05, 3.63) is 0 Å². The van der Waals surface area contributed by atoms with Crippen LogP contribution in [0.1, 0.15) is 26.7 Å². The Morgan fingerprint density at radius 3 is 2.44 bits per heavy atom. The van der Waals surface area contributed by atoms with Gasteiger partial charge in [-0.25, -0.2) is 0 Å². The van der Waals surface area contributed by atoms with Gasteiger partial charge in [0.2, 0.25) is 0 Å². The van der Waals surface area contributed by atoms with Crippen molar-refractivity contribution in [3.63, 3.8) is 0 Å². The molecular formula is C12H24F3NOS. The molecule has 2 nitrogen and oxygen atoms in total. The maximum absolute atomic E-state index is 12.1. The maximum Gasteiger partial charge on any atom is 0.441 e. The number of rotatable bonds is 10. The molecule has 0 aromatic rings. The lowest BCUT2D eigenvalue weighted by atomic mass is 9.95. The summed E-state index contributed by atoms with van der Waals surface area (Å²) in [5.74, 6) is 0.958. The van der Waals surface area contributed by atoms with E-state index in [0.717, 1.165) is 19.5 Å². The molecule has 0 heterocycles. The first-order valence-corrected chi connectivity index (χ1v) is 7.24. The summed E-state index contributed by atoms with van der Waals surface area (Å²) >= 11 is 0.0802. The molecule has 0 rings (SSSR count). The average molecular weight is 287 g/mol. The van der Waals surface area contributed by atoms with E-state index in [1.807, 2.05) is 0 Å². The molecule has 1 unspecified atom stereocenters. The summed E-state index contributed by atoms with van der Waals surface area (Å²) < 4.78 is 41.1. The quantitative estimate of drug-likeness (QED) is 0.621. The van der Waals surface area contributed by atoms with E-state index in [9.17, 15) is 13.2 Å². The van der Waals surface area contributed by atoms with Crippen LogP contribution in [0, 0.1) is 11.8 Å². The number of thioether (sulfide) groups is 1. The Morgan fingerprint density at radius 1 is 1.28 bits per heavy atom. The SMILES string of the molecule is COCCNCC(CCSC(F)(F)F)CC(C)C. The molecule has 0 spiro atoms. The van der Waals surface area contributed by atoms with E-state index in [1.165, 1.54) is 0 Å². The van der Waals surface area contributed by atoms with Crippen LogP contribution in [-0.4, -0.2) is 38.1 Å². The van der Waals surface area contributed by atoms with Crippen molar-refractivity contribution in [2.24, 2.45) is 11.8 Å². The number of methoxy groups -OCH3 is 1. The van der Waals surface area contributed by atoms with Crippen molar-refractivity contribution in [2.45, 2.75) is 32.2 Å². The van der Waals surface area contributed by atoms with Gasteiger partial charge >= 0.3 is 5.51 Å². The molecule has 0 aliphatic heterocycles. The van der Waals surface area contributed by atoms with Gasteiger partial charge in [0.1, 0.15) is 0 Å². The van der Waals surface area contributed by atoms with Gasteiger partial charge in [-0.15, -0.1) is 0 Å². The fourth-order valence-electron chi connectivity index (χ4n) is 1.79. The van der Waals surface area contributed by atoms with Crippen LogP contribution >= 0.6 is 11.8 Å². The second kappa shape index (κ2) is 9.92. The molecule has 0 bridgehead atoms. The second-order valence-corrected chi connectivity index (χ2v) is 5.94. The Morgan fingerprint density at radius 2 is 1.94 bits per heavy atom. The second-order valence-electron chi connectivity index (χ2n) is 4.78. The van der Waals surface area contributed by atoms with E-state index in [1.54, 1.807) is 7.11 Å². The van der Waals surface area contributed by atoms with Crippen molar-refractivity contribution in [1.29, 1.82) is 0 Å². The Labute approximate surface area is 112 Å². The zero-order valence-electron chi connectivity index (χ0n) is 11.3. The molecule has 0 aromatic carbocycles. The third kappa shape index (κ3) is 12.5. The minimum Gasteiger partial charge on any atom is -0.383 e. The average Bonchev–Trinajstić information content (AvgIpc) is 2.21. The number of hydrogen-bond donors (Lipinski definition) is 1. The minimum absolute atomic E-state index is 0.0802. The summed E-state index contributed by atoms with van der Waals surface area (Å²) in [7, 11) is 1.63. The van der Waals surface area contributed by atoms with Gasteiger partial charge in [0.15, 0.2) is 0 Å². The summed E-state index contributed by atoms with van der Waals surface area (Å²) in [6.07, 6.45) is 1.56. The zero-order chi connectivity index (χ0) is 14.0. The minimum atomic E-state index is -4.11. The Balaban J connectivity index is 3.84. The fraction of sp³-hybridized carbons (Fsp3) is 1.00. The first-order valence-electron chi connectivity index (χ1n) is 6.25. The molecule has 1 N–H and O–H groups in total. The molecule has 0 aliphatic carbocycles. The van der Waals surface area contributed by atoms with E-state index in [-0.39, 0.29) is 17.5 Å². The Bertz CT molecular complexity index is 200. The van der Waals surface area contributed by atoms with Crippen LogP contribution in [0.25, 0.3) is 0 Å². The predicted octanol–water partition coefficient (Wildman–Crippen LogP) is 3.53. The third-order valence-electron chi connectivity index (χ3n) is 2.51. The Hall–Kier alpha value is 0.0600. The molecule has 0 saturated heterocycles. The van der Waals surface area contributed by atoms with E-state index in [0.29, 0.717) is 24.9 Å². The lowest BCUT2D eigenvalue weighted by Gasteiger charge is -2.19. The van der Waals surface area contributed by atoms with Gasteiger partial charge in [0, 0.05) is 19.4 Å². The molecule has 0 aromatic heterocycles. The summed E-state index contributed by atoms with van der Waals surface area (Å²) in [6.45, 7) is 6.33. The summed E-state index contributed by atoms with van der Waals surface area (Å²) in [4.78, 5) is 0. The van der Waals surface area contributed by atoms with Crippen LogP contribution < -0.4 is 5.32 Å². The lowest BCUT2D eigenvalue weighted by molar-refractivity contribution is -0.0328. The smallest absolute Gasteiger partial charge is 0.383 e. The van der Waals surface area contributed by atoms with Crippen molar-refractivity contribution in [3.8, 4) is 0 Å². The van der Waals surface area contributed by atoms with Crippen molar-refractivity contribution in [1.82, 2.24) is 5.32 Å². The number of nitrogens with one attached hydrogen (secondary N) is 1. The highest BCUT2D eigenvalue weighted by Gasteiger charge is 2.28. The molecule has 18 heavy (non-hydrogen) atoms. The van der Waals surface area contributed by atoms with Crippen LogP contribution in [0.3, 0.4) is 0 Å². The topological polar surface area (TPSA) is 21.3 Å². The van der Waals surface area contributed by atoms with Crippen molar-refractivity contribution < 1.29 is 17.9 Å². The maximum atomic E-state index is 12.1. The number of hydrogen-bond acceptors (Lipinski definition) is 3. The van der Waals surface area contributed by atoms with E-state index in [2.05, 4.69) is 19.2 Å². The predicted molar refractivity (Wildman–Crippen MR) is 70.8 cm³/mol. The zero-order valence-corrected chi connectivity index (χ0v) is 12.2. The van der Waals surface area contributed by atoms with Crippen molar-refractivity contribution in [2.75, 3.05) is 32.6 Å². The first kappa shape index (κ1) is 18.1. The molecule has 1 atom stereocenters. The third-order valence-corrected chi connectivity index (χ3v) is 3.28. The summed E-state index contributed by atoms with van der Waals surface area (Å²) in [5, 5.41) is 3.22. The number of ether oxygens (including phenoxy) is 1. The van der Waals surface area contributed by atoms with Gasteiger partial charge in [-0.2, -0.15) is 13.2 Å². The van der Waals surface area contributed by atoms with Gasteiger partial charge in [-0.3, -0.25) is 0 Å². The largest absolute Gasteiger partial charge is 0.441 e. The molecule has 110 valence electrons. The molecule has 0 fully saturated rings. The van der Waals surface area contributed by atoms with Gasteiger partial charge in [0.25, 0.3) is 0 Å². The Kier molecular flexibility index (Phi) is 9.95. The number of halogens is 3. The summed E-state index contributed by atoms with van der Waals surface area (Å²) in [5.41, 5.74) is -4.11. The van der Waals surface area contributed by atoms with E-state index < -0.39 is 5.51 Å². The molecule has 0 saturated carbocycles. The lowest BCUT2D eigenvalue weighted by Crippen LogP contribution is -2.27. The standard InChI is InChI=1S/C12H24F3NOS/c1-10(2)8-11(9-16-5-6-17-3)4-7-18-12(13,14)15/h10-11,16H,4-9H2,1-3H3. The summed E-state index contributed by atoms with van der Waals surface area (Å²) in [6, 6.07) is 0. The van der Waals surface area contributed by atoms with Crippen molar-refractivity contribution >= 4 is 11.8 Å². The highest BCUT2D eigenvalue weighted by molar-refractivity contribution is 8.00. The number of alkyl halides is 3. The highest BCUT2D eigenvalue weighted by atomic mass is 32.2. The van der Waals surface area contributed by atoms with E-state index in [4.69, 9.17) is 4.74 Å². The molecule has 0 aliphatic rings. The van der Waals surface area contributed by atoms with Crippen LogP contribution in [0.2, 0.25) is 0 Å². The van der Waals surface area contributed by atoms with E-state index >= 15 is 0 Å². The molecule has 0 radical (unpaired) electrons. The van der Waals surface area contributed by atoms with Gasteiger partial charge in [0.05, 0.1) is 6.61 Å². The highest BCUT2D eigenvalue weighted by Crippen LogP contribution is 2.31. The van der Waals surface area contributed by atoms with Gasteiger partial charge < -0.3 is 10.1 Å². The molecule has 6 heteroatoms. The first-order chi connectivity index (χ1) is 8.35. The fourth-order valence-corrected chi connectivity index (χ4v) is 2.47. The van der Waals surface area contributed by atoms with Crippen LogP contribution in [0.5, 0.6) is 0 Å².